The van der Waals surface area contributed by atoms with Crippen LogP contribution in [0, 0.1) is 12.7 Å². The summed E-state index contributed by atoms with van der Waals surface area (Å²) >= 11 is 0. The van der Waals surface area contributed by atoms with Gasteiger partial charge in [-0.3, -0.25) is 4.79 Å². The van der Waals surface area contributed by atoms with Crippen LogP contribution in [-0.2, 0) is 0 Å². The molecule has 110 valence electrons. The molecule has 0 bridgehead atoms. The van der Waals surface area contributed by atoms with Gasteiger partial charge in [0.05, 0.1) is 0 Å². The monoisotopic (exact) mass is 288 g/mol. The van der Waals surface area contributed by atoms with Gasteiger partial charge in [0.1, 0.15) is 11.5 Å². The Hall–Kier alpha value is -2.50. The van der Waals surface area contributed by atoms with Crippen LogP contribution in [0.25, 0.3) is 0 Å². The summed E-state index contributed by atoms with van der Waals surface area (Å²) in [6, 6.07) is 7.45. The number of carbonyl (C=O) groups excluding carboxylic acids is 1. The highest BCUT2D eigenvalue weighted by atomic mass is 19.1. The maximum Gasteiger partial charge on any atom is 0.274 e. The van der Waals surface area contributed by atoms with Crippen LogP contribution >= 0.6 is 0 Å². The Morgan fingerprint density at radius 1 is 1.24 bits per heavy atom. The summed E-state index contributed by atoms with van der Waals surface area (Å²) in [5.41, 5.74) is 1.29. The molecule has 0 fully saturated rings. The lowest BCUT2D eigenvalue weighted by atomic mass is 10.2. The van der Waals surface area contributed by atoms with Crippen LogP contribution in [0.1, 0.15) is 30.0 Å². The molecule has 21 heavy (non-hydrogen) atoms. The number of aryl methyl sites for hydroxylation is 1. The molecule has 6 heteroatoms. The first-order chi connectivity index (χ1) is 9.94. The average molecular weight is 288 g/mol. The molecule has 2 aromatic rings. The van der Waals surface area contributed by atoms with Gasteiger partial charge in [0.15, 0.2) is 0 Å². The van der Waals surface area contributed by atoms with Gasteiger partial charge in [0, 0.05) is 17.4 Å². The summed E-state index contributed by atoms with van der Waals surface area (Å²) in [5.74, 6) is -0.416. The van der Waals surface area contributed by atoms with E-state index < -0.39 is 11.7 Å². The Bertz CT molecular complexity index is 658. The van der Waals surface area contributed by atoms with Crippen molar-refractivity contribution < 1.29 is 9.18 Å². The lowest BCUT2D eigenvalue weighted by molar-refractivity contribution is 0.102. The van der Waals surface area contributed by atoms with Crippen molar-refractivity contribution in [2.24, 2.45) is 0 Å². The van der Waals surface area contributed by atoms with E-state index in [1.165, 1.54) is 18.2 Å². The van der Waals surface area contributed by atoms with E-state index in [1.54, 1.807) is 19.1 Å². The molecule has 1 heterocycles. The summed E-state index contributed by atoms with van der Waals surface area (Å²) in [7, 11) is 0. The number of nitrogens with one attached hydrogen (secondary N) is 2. The summed E-state index contributed by atoms with van der Waals surface area (Å²) in [6.45, 7) is 5.70. The fraction of sp³-hybridized carbons (Fsp3) is 0.267. The topological polar surface area (TPSA) is 66.9 Å². The molecule has 1 aromatic carbocycles. The minimum Gasteiger partial charge on any atom is -0.352 e. The quantitative estimate of drug-likeness (QED) is 0.907. The molecule has 0 aliphatic carbocycles. The average Bonchev–Trinajstić information content (AvgIpc) is 2.37. The van der Waals surface area contributed by atoms with E-state index in [2.05, 4.69) is 20.6 Å². The van der Waals surface area contributed by atoms with E-state index in [1.807, 2.05) is 13.8 Å². The number of hydrogen-bond donors (Lipinski definition) is 2. The number of hydrogen-bond acceptors (Lipinski definition) is 4. The number of benzene rings is 1. The molecule has 0 spiro atoms. The second-order valence-electron chi connectivity index (χ2n) is 4.98. The maximum atomic E-state index is 13.1. The third-order valence-electron chi connectivity index (χ3n) is 2.59. The molecule has 0 radical (unpaired) electrons. The van der Waals surface area contributed by atoms with Gasteiger partial charge in [0.2, 0.25) is 5.95 Å². The van der Waals surface area contributed by atoms with Gasteiger partial charge in [-0.05, 0) is 45.0 Å². The first kappa shape index (κ1) is 14.9. The van der Waals surface area contributed by atoms with Crippen molar-refractivity contribution in [1.29, 1.82) is 0 Å². The number of halogens is 1. The van der Waals surface area contributed by atoms with Crippen molar-refractivity contribution in [2.75, 3.05) is 10.6 Å². The van der Waals surface area contributed by atoms with Gasteiger partial charge in [0.25, 0.3) is 5.91 Å². The number of rotatable bonds is 4. The summed E-state index contributed by atoms with van der Waals surface area (Å²) in [4.78, 5) is 20.5. The predicted molar refractivity (Wildman–Crippen MR) is 79.9 cm³/mol. The summed E-state index contributed by atoms with van der Waals surface area (Å²) < 4.78 is 13.1. The lowest BCUT2D eigenvalue weighted by Gasteiger charge is -2.10. The molecule has 2 N–H and O–H groups in total. The Balaban J connectivity index is 2.20. The largest absolute Gasteiger partial charge is 0.352 e. The fourth-order valence-corrected chi connectivity index (χ4v) is 1.77. The number of anilines is 2. The van der Waals surface area contributed by atoms with Gasteiger partial charge in [-0.2, -0.15) is 0 Å². The second-order valence-corrected chi connectivity index (χ2v) is 4.98. The van der Waals surface area contributed by atoms with Crippen molar-refractivity contribution in [3.05, 3.63) is 47.5 Å². The Kier molecular flexibility index (Phi) is 4.47. The highest BCUT2D eigenvalue weighted by molar-refractivity contribution is 6.03. The summed E-state index contributed by atoms with van der Waals surface area (Å²) in [5, 5.41) is 5.66. The zero-order valence-electron chi connectivity index (χ0n) is 12.1. The molecular weight excluding hydrogens is 271 g/mol. The molecule has 0 aliphatic heterocycles. The van der Waals surface area contributed by atoms with Gasteiger partial charge < -0.3 is 10.6 Å². The molecule has 0 saturated heterocycles. The number of aromatic nitrogens is 2. The van der Waals surface area contributed by atoms with E-state index in [-0.39, 0.29) is 11.7 Å². The lowest BCUT2D eigenvalue weighted by Crippen LogP contribution is -2.18. The molecule has 1 aromatic heterocycles. The minimum atomic E-state index is -0.408. The standard InChI is InChI=1S/C15H17FN4O/c1-9(2)17-15-18-10(3)7-13(20-15)14(21)19-12-6-4-5-11(16)8-12/h4-9H,1-3H3,(H,19,21)(H,17,18,20). The fourth-order valence-electron chi connectivity index (χ4n) is 1.77. The van der Waals surface area contributed by atoms with Crippen molar-refractivity contribution in [3.63, 3.8) is 0 Å². The van der Waals surface area contributed by atoms with E-state index in [4.69, 9.17) is 0 Å². The summed E-state index contributed by atoms with van der Waals surface area (Å²) in [6.07, 6.45) is 0. The molecule has 0 saturated carbocycles. The highest BCUT2D eigenvalue weighted by Gasteiger charge is 2.11. The van der Waals surface area contributed by atoms with Crippen LogP contribution in [0.2, 0.25) is 0 Å². The van der Waals surface area contributed by atoms with Crippen LogP contribution in [-0.4, -0.2) is 21.9 Å². The first-order valence-electron chi connectivity index (χ1n) is 6.63. The van der Waals surface area contributed by atoms with E-state index in [0.29, 0.717) is 17.3 Å². The maximum absolute atomic E-state index is 13.1. The third-order valence-corrected chi connectivity index (χ3v) is 2.59. The normalized spacial score (nSPS) is 10.5. The predicted octanol–water partition coefficient (Wildman–Crippen LogP) is 3.00. The zero-order chi connectivity index (χ0) is 15.4. The van der Waals surface area contributed by atoms with E-state index in [9.17, 15) is 9.18 Å². The van der Waals surface area contributed by atoms with Gasteiger partial charge >= 0.3 is 0 Å². The Morgan fingerprint density at radius 3 is 2.67 bits per heavy atom. The molecule has 5 nitrogen and oxygen atoms in total. The molecule has 2 rings (SSSR count). The SMILES string of the molecule is Cc1cc(C(=O)Nc2cccc(F)c2)nc(NC(C)C)n1. The Morgan fingerprint density at radius 2 is 2.00 bits per heavy atom. The molecule has 0 unspecified atom stereocenters. The van der Waals surface area contributed by atoms with Crippen molar-refractivity contribution >= 4 is 17.5 Å². The van der Waals surface area contributed by atoms with Crippen LogP contribution < -0.4 is 10.6 Å². The first-order valence-corrected chi connectivity index (χ1v) is 6.63. The van der Waals surface area contributed by atoms with E-state index in [0.717, 1.165) is 0 Å². The molecular formula is C15H17FN4O. The van der Waals surface area contributed by atoms with Crippen molar-refractivity contribution in [3.8, 4) is 0 Å². The van der Waals surface area contributed by atoms with E-state index >= 15 is 0 Å². The van der Waals surface area contributed by atoms with Gasteiger partial charge in [-0.1, -0.05) is 6.07 Å². The van der Waals surface area contributed by atoms with Crippen LogP contribution in [0.15, 0.2) is 30.3 Å². The smallest absolute Gasteiger partial charge is 0.274 e. The highest BCUT2D eigenvalue weighted by Crippen LogP contribution is 2.12. The Labute approximate surface area is 122 Å². The third kappa shape index (κ3) is 4.24. The van der Waals surface area contributed by atoms with Crippen LogP contribution in [0.3, 0.4) is 0 Å². The number of carbonyl (C=O) groups is 1. The van der Waals surface area contributed by atoms with Gasteiger partial charge in [-0.15, -0.1) is 0 Å². The van der Waals surface area contributed by atoms with Crippen LogP contribution in [0.4, 0.5) is 16.0 Å². The van der Waals surface area contributed by atoms with Gasteiger partial charge in [-0.25, -0.2) is 14.4 Å². The van der Waals surface area contributed by atoms with Crippen LogP contribution in [0.5, 0.6) is 0 Å². The zero-order valence-corrected chi connectivity index (χ0v) is 12.1. The molecule has 0 atom stereocenters. The molecule has 1 amide bonds. The minimum absolute atomic E-state index is 0.158. The second kappa shape index (κ2) is 6.30. The van der Waals surface area contributed by atoms with Crippen molar-refractivity contribution in [2.45, 2.75) is 26.8 Å². The molecule has 0 aliphatic rings. The number of amides is 1. The number of nitrogens with zero attached hydrogens (tertiary/aromatic N) is 2. The van der Waals surface area contributed by atoms with Crippen molar-refractivity contribution in [1.82, 2.24) is 9.97 Å².